The first kappa shape index (κ1) is 12.9. The average molecular weight is 284 g/mol. The Morgan fingerprint density at radius 1 is 1.06 bits per heavy atom. The standard InChI is InChI=1S/C11H11Cl2N5/c1-18(2)8-5-3-7(4-6-8)14-10-9(12)16-17-11(13)15-10/h3-6H,1-2H3,(H,14,15,17). The van der Waals surface area contributed by atoms with Gasteiger partial charge in [-0.3, -0.25) is 0 Å². The van der Waals surface area contributed by atoms with Crippen molar-refractivity contribution in [2.45, 2.75) is 0 Å². The minimum atomic E-state index is 0.0480. The highest BCUT2D eigenvalue weighted by molar-refractivity contribution is 6.32. The Morgan fingerprint density at radius 2 is 1.72 bits per heavy atom. The molecule has 0 unspecified atom stereocenters. The van der Waals surface area contributed by atoms with Crippen molar-refractivity contribution in [1.82, 2.24) is 15.2 Å². The lowest BCUT2D eigenvalue weighted by atomic mass is 10.2. The molecule has 0 saturated carbocycles. The van der Waals surface area contributed by atoms with Crippen LogP contribution in [0.5, 0.6) is 0 Å². The first-order valence-corrected chi connectivity index (χ1v) is 5.92. The number of hydrogen-bond acceptors (Lipinski definition) is 5. The second-order valence-corrected chi connectivity index (χ2v) is 4.48. The van der Waals surface area contributed by atoms with Gasteiger partial charge in [0.2, 0.25) is 5.28 Å². The van der Waals surface area contributed by atoms with Crippen molar-refractivity contribution in [2.75, 3.05) is 24.3 Å². The van der Waals surface area contributed by atoms with Crippen LogP contribution in [0.1, 0.15) is 0 Å². The number of rotatable bonds is 3. The number of hydrogen-bond donors (Lipinski definition) is 1. The van der Waals surface area contributed by atoms with Crippen molar-refractivity contribution in [2.24, 2.45) is 0 Å². The van der Waals surface area contributed by atoms with Gasteiger partial charge < -0.3 is 10.2 Å². The molecular formula is C11H11Cl2N5. The summed E-state index contributed by atoms with van der Waals surface area (Å²) in [5, 5.41) is 10.5. The average Bonchev–Trinajstić information content (AvgIpc) is 2.34. The third-order valence-electron chi connectivity index (χ3n) is 2.27. The normalized spacial score (nSPS) is 10.2. The maximum absolute atomic E-state index is 5.86. The fourth-order valence-corrected chi connectivity index (χ4v) is 1.60. The molecule has 1 N–H and O–H groups in total. The number of benzene rings is 1. The number of aromatic nitrogens is 3. The molecule has 2 rings (SSSR count). The molecule has 0 aliphatic carbocycles. The van der Waals surface area contributed by atoms with Gasteiger partial charge in [0.15, 0.2) is 11.0 Å². The highest BCUT2D eigenvalue weighted by atomic mass is 35.5. The summed E-state index contributed by atoms with van der Waals surface area (Å²) < 4.78 is 0. The van der Waals surface area contributed by atoms with Gasteiger partial charge in [0.1, 0.15) is 0 Å². The van der Waals surface area contributed by atoms with E-state index in [0.717, 1.165) is 11.4 Å². The second-order valence-electron chi connectivity index (χ2n) is 3.79. The smallest absolute Gasteiger partial charge is 0.245 e. The molecule has 18 heavy (non-hydrogen) atoms. The Bertz CT molecular complexity index is 542. The SMILES string of the molecule is CN(C)c1ccc(Nc2nc(Cl)nnc2Cl)cc1. The van der Waals surface area contributed by atoms with Crippen LogP contribution in [-0.2, 0) is 0 Å². The van der Waals surface area contributed by atoms with Gasteiger partial charge in [0, 0.05) is 25.5 Å². The molecule has 0 saturated heterocycles. The molecule has 0 radical (unpaired) electrons. The molecule has 0 bridgehead atoms. The largest absolute Gasteiger partial charge is 0.378 e. The van der Waals surface area contributed by atoms with Crippen molar-refractivity contribution in [3.8, 4) is 0 Å². The number of halogens is 2. The van der Waals surface area contributed by atoms with E-state index in [4.69, 9.17) is 23.2 Å². The molecule has 0 fully saturated rings. The van der Waals surface area contributed by atoms with Gasteiger partial charge in [0.05, 0.1) is 0 Å². The van der Waals surface area contributed by atoms with E-state index in [9.17, 15) is 0 Å². The number of anilines is 3. The first-order chi connectivity index (χ1) is 8.56. The maximum Gasteiger partial charge on any atom is 0.245 e. The van der Waals surface area contributed by atoms with Crippen LogP contribution in [0.15, 0.2) is 24.3 Å². The monoisotopic (exact) mass is 283 g/mol. The summed E-state index contributed by atoms with van der Waals surface area (Å²) in [6, 6.07) is 7.79. The van der Waals surface area contributed by atoms with E-state index in [-0.39, 0.29) is 10.4 Å². The van der Waals surface area contributed by atoms with Crippen molar-refractivity contribution < 1.29 is 0 Å². The Labute approximate surface area is 115 Å². The zero-order valence-electron chi connectivity index (χ0n) is 9.85. The van der Waals surface area contributed by atoms with Gasteiger partial charge in [-0.15, -0.1) is 10.2 Å². The summed E-state index contributed by atoms with van der Waals surface area (Å²) in [6.07, 6.45) is 0. The molecule has 0 amide bonds. The Balaban J connectivity index is 2.21. The van der Waals surface area contributed by atoms with E-state index in [1.807, 2.05) is 43.3 Å². The topological polar surface area (TPSA) is 53.9 Å². The minimum Gasteiger partial charge on any atom is -0.378 e. The molecular weight excluding hydrogens is 273 g/mol. The van der Waals surface area contributed by atoms with Crippen molar-refractivity contribution in [3.05, 3.63) is 34.7 Å². The van der Waals surface area contributed by atoms with Crippen LogP contribution >= 0.6 is 23.2 Å². The zero-order valence-corrected chi connectivity index (χ0v) is 11.4. The van der Waals surface area contributed by atoms with Gasteiger partial charge in [-0.2, -0.15) is 4.98 Å². The van der Waals surface area contributed by atoms with E-state index in [2.05, 4.69) is 20.5 Å². The van der Waals surface area contributed by atoms with Gasteiger partial charge in [-0.25, -0.2) is 0 Å². The summed E-state index contributed by atoms with van der Waals surface area (Å²) in [6.45, 7) is 0. The van der Waals surface area contributed by atoms with Crippen molar-refractivity contribution in [3.63, 3.8) is 0 Å². The van der Waals surface area contributed by atoms with Crippen LogP contribution in [0.4, 0.5) is 17.2 Å². The predicted molar refractivity (Wildman–Crippen MR) is 73.9 cm³/mol. The van der Waals surface area contributed by atoms with Crippen LogP contribution < -0.4 is 10.2 Å². The fraction of sp³-hybridized carbons (Fsp3) is 0.182. The lowest BCUT2D eigenvalue weighted by Gasteiger charge is -2.13. The molecule has 0 atom stereocenters. The molecule has 7 heteroatoms. The number of nitrogens with one attached hydrogen (secondary N) is 1. The zero-order chi connectivity index (χ0) is 13.1. The molecule has 2 aromatic rings. The van der Waals surface area contributed by atoms with Gasteiger partial charge in [-0.1, -0.05) is 11.6 Å². The fourth-order valence-electron chi connectivity index (χ4n) is 1.35. The van der Waals surface area contributed by atoms with E-state index in [1.54, 1.807) is 0 Å². The molecule has 1 aromatic heterocycles. The lowest BCUT2D eigenvalue weighted by Crippen LogP contribution is -2.08. The van der Waals surface area contributed by atoms with E-state index < -0.39 is 0 Å². The second kappa shape index (κ2) is 5.37. The summed E-state index contributed by atoms with van der Waals surface area (Å²) >= 11 is 11.5. The molecule has 0 spiro atoms. The predicted octanol–water partition coefficient (Wildman–Crippen LogP) is 2.99. The molecule has 94 valence electrons. The van der Waals surface area contributed by atoms with E-state index in [1.165, 1.54) is 0 Å². The van der Waals surface area contributed by atoms with Crippen LogP contribution in [0, 0.1) is 0 Å². The quantitative estimate of drug-likeness (QED) is 0.939. The molecule has 1 aromatic carbocycles. The third-order valence-corrected chi connectivity index (χ3v) is 2.68. The van der Waals surface area contributed by atoms with Crippen LogP contribution in [0.3, 0.4) is 0 Å². The van der Waals surface area contributed by atoms with Gasteiger partial charge >= 0.3 is 0 Å². The molecule has 0 aliphatic heterocycles. The van der Waals surface area contributed by atoms with Gasteiger partial charge in [0.25, 0.3) is 0 Å². The first-order valence-electron chi connectivity index (χ1n) is 5.16. The van der Waals surface area contributed by atoms with Crippen LogP contribution in [0.25, 0.3) is 0 Å². The summed E-state index contributed by atoms with van der Waals surface area (Å²) in [5.41, 5.74) is 1.95. The Hall–Kier alpha value is -1.59. The third kappa shape index (κ3) is 3.00. The Kier molecular flexibility index (Phi) is 3.84. The highest BCUT2D eigenvalue weighted by Gasteiger charge is 2.06. The number of nitrogens with zero attached hydrogens (tertiary/aromatic N) is 4. The molecule has 1 heterocycles. The highest BCUT2D eigenvalue weighted by Crippen LogP contribution is 2.23. The van der Waals surface area contributed by atoms with E-state index >= 15 is 0 Å². The lowest BCUT2D eigenvalue weighted by molar-refractivity contribution is 0.975. The minimum absolute atomic E-state index is 0.0480. The Morgan fingerprint density at radius 3 is 2.33 bits per heavy atom. The van der Waals surface area contributed by atoms with Crippen LogP contribution in [-0.4, -0.2) is 29.3 Å². The summed E-state index contributed by atoms with van der Waals surface area (Å²) in [5.74, 6) is 0.384. The summed E-state index contributed by atoms with van der Waals surface area (Å²) in [4.78, 5) is 5.98. The summed E-state index contributed by atoms with van der Waals surface area (Å²) in [7, 11) is 3.96. The van der Waals surface area contributed by atoms with Crippen LogP contribution in [0.2, 0.25) is 10.4 Å². The molecule has 0 aliphatic rings. The van der Waals surface area contributed by atoms with E-state index in [0.29, 0.717) is 5.82 Å². The van der Waals surface area contributed by atoms with Gasteiger partial charge in [-0.05, 0) is 35.9 Å². The van der Waals surface area contributed by atoms with Crippen molar-refractivity contribution >= 4 is 40.4 Å². The maximum atomic E-state index is 5.86. The van der Waals surface area contributed by atoms with Crippen molar-refractivity contribution in [1.29, 1.82) is 0 Å². The molecule has 5 nitrogen and oxygen atoms in total.